The minimum atomic E-state index is -0.343. The standard InChI is InChI=1S/C13H10ClNO3/c14-8-3-1-7(2-4-8)9-5-11(16)15-10-6-18-13(17)12(9)10/h1-4,9H,5-6H2,(H,15,16)/t9-/m1/s1. The van der Waals surface area contributed by atoms with Crippen molar-refractivity contribution in [2.24, 2.45) is 0 Å². The van der Waals surface area contributed by atoms with E-state index in [1.807, 2.05) is 12.1 Å². The highest BCUT2D eigenvalue weighted by Gasteiger charge is 2.37. The number of benzene rings is 1. The molecule has 5 heteroatoms. The van der Waals surface area contributed by atoms with Gasteiger partial charge in [-0.2, -0.15) is 0 Å². The van der Waals surface area contributed by atoms with E-state index in [2.05, 4.69) is 5.32 Å². The number of cyclic esters (lactones) is 1. The van der Waals surface area contributed by atoms with Crippen molar-refractivity contribution >= 4 is 23.5 Å². The summed E-state index contributed by atoms with van der Waals surface area (Å²) in [4.78, 5) is 23.3. The van der Waals surface area contributed by atoms with E-state index < -0.39 is 0 Å². The van der Waals surface area contributed by atoms with Gasteiger partial charge < -0.3 is 10.1 Å². The van der Waals surface area contributed by atoms with Gasteiger partial charge in [-0.3, -0.25) is 4.79 Å². The van der Waals surface area contributed by atoms with E-state index in [4.69, 9.17) is 16.3 Å². The van der Waals surface area contributed by atoms with Gasteiger partial charge in [0.05, 0.1) is 11.3 Å². The molecule has 1 atom stereocenters. The lowest BCUT2D eigenvalue weighted by molar-refractivity contribution is -0.136. The Morgan fingerprint density at radius 1 is 1.22 bits per heavy atom. The number of carbonyl (C=O) groups excluding carboxylic acids is 2. The molecule has 1 aromatic rings. The first kappa shape index (κ1) is 11.3. The molecule has 0 fully saturated rings. The number of carbonyl (C=O) groups is 2. The van der Waals surface area contributed by atoms with Gasteiger partial charge in [0, 0.05) is 17.4 Å². The molecule has 0 radical (unpaired) electrons. The molecule has 0 spiro atoms. The van der Waals surface area contributed by atoms with E-state index in [0.29, 0.717) is 16.3 Å². The molecule has 1 aromatic carbocycles. The Morgan fingerprint density at radius 2 is 1.94 bits per heavy atom. The van der Waals surface area contributed by atoms with E-state index in [0.717, 1.165) is 5.56 Å². The molecule has 0 bridgehead atoms. The Bertz CT molecular complexity index is 562. The van der Waals surface area contributed by atoms with Gasteiger partial charge in [-0.25, -0.2) is 4.79 Å². The summed E-state index contributed by atoms with van der Waals surface area (Å²) in [6, 6.07) is 7.18. The number of amides is 1. The molecule has 0 saturated carbocycles. The second-order valence-electron chi connectivity index (χ2n) is 4.32. The fourth-order valence-corrected chi connectivity index (χ4v) is 2.48. The van der Waals surface area contributed by atoms with E-state index in [-0.39, 0.29) is 30.8 Å². The molecular formula is C13H10ClNO3. The second-order valence-corrected chi connectivity index (χ2v) is 4.76. The molecule has 0 aromatic heterocycles. The van der Waals surface area contributed by atoms with Gasteiger partial charge in [0.1, 0.15) is 6.61 Å². The molecule has 1 amide bonds. The number of esters is 1. The first-order valence-corrected chi connectivity index (χ1v) is 5.98. The monoisotopic (exact) mass is 263 g/mol. The molecule has 4 nitrogen and oxygen atoms in total. The average molecular weight is 264 g/mol. The first-order chi connectivity index (χ1) is 8.65. The lowest BCUT2D eigenvalue weighted by atomic mass is 9.85. The quantitative estimate of drug-likeness (QED) is 0.786. The van der Waals surface area contributed by atoms with Crippen molar-refractivity contribution in [3.8, 4) is 0 Å². The molecule has 18 heavy (non-hydrogen) atoms. The summed E-state index contributed by atoms with van der Waals surface area (Å²) in [5.74, 6) is -0.669. The third kappa shape index (κ3) is 1.78. The maximum Gasteiger partial charge on any atom is 0.336 e. The van der Waals surface area contributed by atoms with Crippen molar-refractivity contribution in [1.29, 1.82) is 0 Å². The zero-order valence-corrected chi connectivity index (χ0v) is 10.2. The summed E-state index contributed by atoms with van der Waals surface area (Å²) >= 11 is 5.84. The summed E-state index contributed by atoms with van der Waals surface area (Å²) in [5, 5.41) is 3.32. The fourth-order valence-electron chi connectivity index (χ4n) is 2.36. The van der Waals surface area contributed by atoms with Crippen LogP contribution in [0.3, 0.4) is 0 Å². The van der Waals surface area contributed by atoms with Crippen molar-refractivity contribution in [3.63, 3.8) is 0 Å². The topological polar surface area (TPSA) is 55.4 Å². The van der Waals surface area contributed by atoms with Crippen LogP contribution in [-0.4, -0.2) is 18.5 Å². The predicted molar refractivity (Wildman–Crippen MR) is 64.9 cm³/mol. The van der Waals surface area contributed by atoms with Gasteiger partial charge >= 0.3 is 5.97 Å². The molecule has 2 aliphatic rings. The van der Waals surface area contributed by atoms with Crippen LogP contribution < -0.4 is 5.32 Å². The summed E-state index contributed by atoms with van der Waals surface area (Å²) in [6.07, 6.45) is 0.259. The highest BCUT2D eigenvalue weighted by atomic mass is 35.5. The zero-order valence-electron chi connectivity index (χ0n) is 9.40. The molecule has 92 valence electrons. The van der Waals surface area contributed by atoms with Crippen LogP contribution >= 0.6 is 11.6 Å². The first-order valence-electron chi connectivity index (χ1n) is 5.60. The van der Waals surface area contributed by atoms with Crippen LogP contribution in [0.25, 0.3) is 0 Å². The number of rotatable bonds is 1. The van der Waals surface area contributed by atoms with E-state index >= 15 is 0 Å². The normalized spacial score (nSPS) is 22.6. The van der Waals surface area contributed by atoms with Crippen LogP contribution in [0.5, 0.6) is 0 Å². The van der Waals surface area contributed by atoms with Crippen LogP contribution in [0.1, 0.15) is 17.9 Å². The van der Waals surface area contributed by atoms with E-state index in [9.17, 15) is 9.59 Å². The van der Waals surface area contributed by atoms with Crippen molar-refractivity contribution in [2.75, 3.05) is 6.61 Å². The molecule has 0 unspecified atom stereocenters. The molecule has 1 N–H and O–H groups in total. The Morgan fingerprint density at radius 3 is 2.67 bits per heavy atom. The number of halogens is 1. The van der Waals surface area contributed by atoms with Gasteiger partial charge in [-0.1, -0.05) is 23.7 Å². The second kappa shape index (κ2) is 4.14. The minimum Gasteiger partial charge on any atom is -0.456 e. The van der Waals surface area contributed by atoms with E-state index in [1.54, 1.807) is 12.1 Å². The Balaban J connectivity index is 2.04. The van der Waals surface area contributed by atoms with Crippen LogP contribution in [0.2, 0.25) is 5.02 Å². The lowest BCUT2D eigenvalue weighted by Gasteiger charge is -2.22. The maximum absolute atomic E-state index is 11.7. The van der Waals surface area contributed by atoms with Gasteiger partial charge in [0.15, 0.2) is 0 Å². The van der Waals surface area contributed by atoms with Crippen molar-refractivity contribution in [2.45, 2.75) is 12.3 Å². The third-order valence-corrected chi connectivity index (χ3v) is 3.45. The van der Waals surface area contributed by atoms with Crippen LogP contribution in [-0.2, 0) is 14.3 Å². The fraction of sp³-hybridized carbons (Fsp3) is 0.231. The molecular weight excluding hydrogens is 254 g/mol. The highest BCUT2D eigenvalue weighted by Crippen LogP contribution is 2.36. The number of hydrogen-bond donors (Lipinski definition) is 1. The average Bonchev–Trinajstić information content (AvgIpc) is 2.71. The number of hydrogen-bond acceptors (Lipinski definition) is 3. The van der Waals surface area contributed by atoms with Crippen LogP contribution in [0.15, 0.2) is 35.5 Å². The number of ether oxygens (including phenoxy) is 1. The summed E-state index contributed by atoms with van der Waals surface area (Å²) in [5.41, 5.74) is 2.06. The molecule has 2 heterocycles. The zero-order chi connectivity index (χ0) is 12.7. The number of nitrogens with one attached hydrogen (secondary N) is 1. The molecule has 0 saturated heterocycles. The Kier molecular flexibility index (Phi) is 2.59. The van der Waals surface area contributed by atoms with Crippen LogP contribution in [0.4, 0.5) is 0 Å². The Hall–Kier alpha value is -1.81. The predicted octanol–water partition coefficient (Wildman–Crippen LogP) is 1.75. The third-order valence-electron chi connectivity index (χ3n) is 3.19. The largest absolute Gasteiger partial charge is 0.456 e. The van der Waals surface area contributed by atoms with Gasteiger partial charge in [0.2, 0.25) is 5.91 Å². The SMILES string of the molecule is O=C1C[C@H](c2ccc(Cl)cc2)C2=C(COC2=O)N1. The Labute approximate surface area is 109 Å². The van der Waals surface area contributed by atoms with Gasteiger partial charge in [-0.15, -0.1) is 0 Å². The lowest BCUT2D eigenvalue weighted by Crippen LogP contribution is -2.32. The maximum atomic E-state index is 11.7. The van der Waals surface area contributed by atoms with Crippen molar-refractivity contribution in [3.05, 3.63) is 46.1 Å². The summed E-state index contributed by atoms with van der Waals surface area (Å²) < 4.78 is 4.97. The van der Waals surface area contributed by atoms with Gasteiger partial charge in [-0.05, 0) is 17.7 Å². The molecule has 0 aliphatic carbocycles. The van der Waals surface area contributed by atoms with Crippen molar-refractivity contribution < 1.29 is 14.3 Å². The summed E-state index contributed by atoms with van der Waals surface area (Å²) in [6.45, 7) is 0.157. The minimum absolute atomic E-state index is 0.0907. The smallest absolute Gasteiger partial charge is 0.336 e. The summed E-state index contributed by atoms with van der Waals surface area (Å²) in [7, 11) is 0. The highest BCUT2D eigenvalue weighted by molar-refractivity contribution is 6.30. The van der Waals surface area contributed by atoms with Crippen molar-refractivity contribution in [1.82, 2.24) is 5.32 Å². The van der Waals surface area contributed by atoms with Crippen LogP contribution in [0, 0.1) is 0 Å². The van der Waals surface area contributed by atoms with Gasteiger partial charge in [0.25, 0.3) is 0 Å². The van der Waals surface area contributed by atoms with E-state index in [1.165, 1.54) is 0 Å². The molecule has 2 aliphatic heterocycles. The molecule has 3 rings (SSSR count).